The van der Waals surface area contributed by atoms with E-state index >= 15 is 0 Å². The summed E-state index contributed by atoms with van der Waals surface area (Å²) in [6.45, 7) is 61.3. The van der Waals surface area contributed by atoms with Gasteiger partial charge in [-0.2, -0.15) is 5.10 Å². The Hall–Kier alpha value is -9.62. The van der Waals surface area contributed by atoms with Crippen LogP contribution >= 0.6 is 0 Å². The summed E-state index contributed by atoms with van der Waals surface area (Å²) in [4.78, 5) is 37.3. The van der Waals surface area contributed by atoms with Crippen molar-refractivity contribution in [1.82, 2.24) is 81.9 Å². The third kappa shape index (κ3) is 22.4. The van der Waals surface area contributed by atoms with Gasteiger partial charge in [0.15, 0.2) is 0 Å². The van der Waals surface area contributed by atoms with E-state index in [9.17, 15) is 0 Å². The van der Waals surface area contributed by atoms with Crippen molar-refractivity contribution in [2.75, 3.05) is 53.5 Å². The topological polar surface area (TPSA) is 153 Å². The van der Waals surface area contributed by atoms with Crippen LogP contribution in [0.15, 0.2) is 146 Å². The van der Waals surface area contributed by atoms with Gasteiger partial charge in [0.1, 0.15) is 29.1 Å². The lowest BCUT2D eigenvalue weighted by Gasteiger charge is -2.31. The zero-order valence-corrected chi connectivity index (χ0v) is 80.8. The third-order valence-corrected chi connectivity index (χ3v) is 25.7. The van der Waals surface area contributed by atoms with Crippen LogP contribution < -0.4 is 0 Å². The number of ether oxygens (including phenoxy) is 1. The maximum atomic E-state index is 5.48. The maximum Gasteiger partial charge on any atom is 0.112 e. The number of imidazole rings is 6. The molecule has 3 saturated heterocycles. The van der Waals surface area contributed by atoms with Gasteiger partial charge in [0, 0.05) is 74.3 Å². The number of hydrogen-bond donors (Lipinski definition) is 0. The first-order valence-corrected chi connectivity index (χ1v) is 46.8. The molecular formula is C106H149N17O. The Balaban J connectivity index is 0.000000132. The minimum Gasteiger partial charge on any atom is -0.381 e. The summed E-state index contributed by atoms with van der Waals surface area (Å²) in [6, 6.07) is 47.3. The Kier molecular flexibility index (Phi) is 30.8. The van der Waals surface area contributed by atoms with Crippen molar-refractivity contribution in [3.8, 4) is 11.3 Å². The van der Waals surface area contributed by atoms with Gasteiger partial charge in [-0.05, 0) is 319 Å². The molecule has 4 aliphatic rings. The Morgan fingerprint density at radius 1 is 0.355 bits per heavy atom. The Labute approximate surface area is 742 Å². The van der Waals surface area contributed by atoms with E-state index in [1.807, 2.05) is 23.4 Å². The van der Waals surface area contributed by atoms with Gasteiger partial charge in [-0.1, -0.05) is 147 Å². The molecule has 11 heterocycles. The molecule has 18 rings (SSSR count). The van der Waals surface area contributed by atoms with Crippen LogP contribution in [0, 0.1) is 27.7 Å². The average molecular weight is 1680 g/mol. The molecule has 0 atom stereocenters. The molecule has 1 aliphatic carbocycles. The first kappa shape index (κ1) is 93.5. The van der Waals surface area contributed by atoms with E-state index in [0.717, 1.165) is 99.8 Å². The van der Waals surface area contributed by atoms with Crippen molar-refractivity contribution in [3.63, 3.8) is 0 Å². The second kappa shape index (κ2) is 40.8. The molecule has 14 aromatic rings. The Bertz CT molecular complexity index is 5710. The molecule has 0 N–H and O–H groups in total. The maximum absolute atomic E-state index is 5.48. The monoisotopic (exact) mass is 1680 g/mol. The van der Waals surface area contributed by atoms with E-state index in [4.69, 9.17) is 19.7 Å². The lowest BCUT2D eigenvalue weighted by molar-refractivity contribution is 0.0701. The number of hydrogen-bond acceptors (Lipinski definition) is 11. The number of likely N-dealkylation sites (tertiary alicyclic amines) is 2. The molecule has 0 spiro atoms. The van der Waals surface area contributed by atoms with E-state index in [-0.39, 0.29) is 5.54 Å². The molecule has 8 aromatic heterocycles. The molecule has 0 radical (unpaired) electrons. The fourth-order valence-corrected chi connectivity index (χ4v) is 17.8. The summed E-state index contributed by atoms with van der Waals surface area (Å²) >= 11 is 0. The molecule has 124 heavy (non-hydrogen) atoms. The molecule has 1 saturated carbocycles. The van der Waals surface area contributed by atoms with Crippen LogP contribution in [0.4, 0.5) is 0 Å². The van der Waals surface area contributed by atoms with Gasteiger partial charge in [-0.3, -0.25) is 9.67 Å². The summed E-state index contributed by atoms with van der Waals surface area (Å²) in [5, 5.41) is 4.42. The smallest absolute Gasteiger partial charge is 0.112 e. The highest BCUT2D eigenvalue weighted by molar-refractivity contribution is 5.81. The quantitative estimate of drug-likeness (QED) is 0.102. The zero-order valence-electron chi connectivity index (χ0n) is 80.8. The van der Waals surface area contributed by atoms with Gasteiger partial charge >= 0.3 is 0 Å². The predicted octanol–water partition coefficient (Wildman–Crippen LogP) is 26.5. The second-order valence-corrected chi connectivity index (χ2v) is 39.6. The number of pyridine rings is 1. The molecular weight excluding hydrogens is 1530 g/mol. The van der Waals surface area contributed by atoms with Crippen LogP contribution in [0.2, 0.25) is 0 Å². The molecule has 664 valence electrons. The van der Waals surface area contributed by atoms with E-state index in [0.29, 0.717) is 71.5 Å². The zero-order chi connectivity index (χ0) is 89.4. The summed E-state index contributed by atoms with van der Waals surface area (Å²) in [7, 11) is 6.52. The molecule has 4 fully saturated rings. The molecule has 6 aromatic carbocycles. The molecule has 18 nitrogen and oxygen atoms in total. The third-order valence-electron chi connectivity index (χ3n) is 25.7. The predicted molar refractivity (Wildman–Crippen MR) is 521 cm³/mol. The fraction of sp³-hybridized carbons (Fsp3) is 0.528. The highest BCUT2D eigenvalue weighted by Crippen LogP contribution is 2.40. The largest absolute Gasteiger partial charge is 0.381 e. The number of piperidine rings is 2. The number of rotatable bonds is 14. The van der Waals surface area contributed by atoms with Crippen molar-refractivity contribution in [1.29, 1.82) is 0 Å². The second-order valence-electron chi connectivity index (χ2n) is 39.6. The van der Waals surface area contributed by atoms with Crippen molar-refractivity contribution in [3.05, 3.63) is 214 Å². The van der Waals surface area contributed by atoms with Gasteiger partial charge in [-0.25, -0.2) is 29.9 Å². The lowest BCUT2D eigenvalue weighted by Crippen LogP contribution is -2.31. The minimum absolute atomic E-state index is 0.00785. The van der Waals surface area contributed by atoms with Crippen molar-refractivity contribution < 1.29 is 4.74 Å². The summed E-state index contributed by atoms with van der Waals surface area (Å²) in [6.07, 6.45) is 17.6. The minimum atomic E-state index is 0.00785. The van der Waals surface area contributed by atoms with Crippen LogP contribution in [-0.2, 0) is 17.3 Å². The molecule has 3 aliphatic heterocycles. The van der Waals surface area contributed by atoms with Crippen LogP contribution in [0.1, 0.15) is 342 Å². The van der Waals surface area contributed by atoms with Gasteiger partial charge < -0.3 is 41.9 Å². The van der Waals surface area contributed by atoms with Crippen molar-refractivity contribution >= 4 is 66.2 Å². The number of aromatic nitrogens is 15. The van der Waals surface area contributed by atoms with Crippen LogP contribution in [0.3, 0.4) is 0 Å². The van der Waals surface area contributed by atoms with E-state index in [1.165, 1.54) is 143 Å². The van der Waals surface area contributed by atoms with Crippen LogP contribution in [0.25, 0.3) is 77.5 Å². The fourth-order valence-electron chi connectivity index (χ4n) is 17.8. The lowest BCUT2D eigenvalue weighted by atomic mass is 10.0. The Morgan fingerprint density at radius 2 is 0.742 bits per heavy atom. The Morgan fingerprint density at radius 3 is 1.20 bits per heavy atom. The van der Waals surface area contributed by atoms with E-state index in [2.05, 4.69) is 384 Å². The summed E-state index contributed by atoms with van der Waals surface area (Å²) in [5.74, 6) is 10.1. The summed E-state index contributed by atoms with van der Waals surface area (Å²) in [5.41, 5.74) is 26.2. The van der Waals surface area contributed by atoms with E-state index in [1.54, 1.807) is 0 Å². The first-order valence-electron chi connectivity index (χ1n) is 46.8. The van der Waals surface area contributed by atoms with Gasteiger partial charge in [0.05, 0.1) is 90.0 Å². The molecule has 0 amide bonds. The van der Waals surface area contributed by atoms with Crippen LogP contribution in [-0.4, -0.2) is 135 Å². The standard InChI is InChI=1S/C17H25N3.C16H23N3.C16H22N2O.C15H21N3.C14H18N2.2C14H20N2/c1-12(2)14-5-6-16-17(11-14)20(13(3)18-16)15-7-9-19(4)10-8-15;1-12(2)13-4-5-15-16(10-13)19(11-17-15)14-6-8-18(3)9-7-14;1-11(2)13-4-5-15-16(10-13)18(12(3)17-15)14-6-8-19-9-7-14;1-11(2)12-6-7-16-14(8-12)13-9-17-18(10-13)15(3,4)5;1-9(2)11-4-7-14-13(8-11)15-10(3)16(14)12-5-6-12;1-9(2)11-6-7-13-12(8-11)15-14(10(3)4)16(13)5;1-9(2)12-6-7-14-13(8-12)15-11(5)16(14)10(3)4/h5-6,11-12,15H,7-10H2,1-4H3;4-5,10-12,14H,6-9H2,1-3H3;4-5,10-11,14H,6-9H2,1-3H3;6-11H,1-5H3;4,7-9,12H,5-6H2,1-3H3;2*6-10H,1-5H3. The highest BCUT2D eigenvalue weighted by Gasteiger charge is 2.29. The number of benzene rings is 6. The number of aryl methyl sites for hydroxylation is 5. The van der Waals surface area contributed by atoms with Crippen molar-refractivity contribution in [2.45, 2.75) is 308 Å². The van der Waals surface area contributed by atoms with Gasteiger partial charge in [0.2, 0.25) is 0 Å². The van der Waals surface area contributed by atoms with Gasteiger partial charge in [-0.15, -0.1) is 0 Å². The molecule has 0 unspecified atom stereocenters. The SMILES string of the molecule is CC(C)c1ccc2c(c1)nc(C(C)C)n2C.CC(C)c1ccc2ncn(C3CCN(C)CC3)c2c1.CC(C)c1ccnc(-c2cnn(C(C)(C)C)c2)c1.Cc1nc2cc(C(C)C)ccc2n1C(C)C.Cc1nc2cc(C(C)C)ccc2n1C1CC1.Cc1nc2ccc(C(C)C)cc2n1C1CCN(C)CC1.Cc1nc2ccc(C(C)C)cc2n1C1CCOCC1. The highest BCUT2D eigenvalue weighted by atomic mass is 16.5. The normalized spacial score (nSPS) is 15.4. The summed E-state index contributed by atoms with van der Waals surface area (Å²) < 4.78 is 21.6. The average Bonchev–Trinajstić information content (AvgIpc) is 1.62. The van der Waals surface area contributed by atoms with Crippen molar-refractivity contribution in [2.24, 2.45) is 7.05 Å². The molecule has 0 bridgehead atoms. The van der Waals surface area contributed by atoms with E-state index < -0.39 is 0 Å². The molecule has 18 heteroatoms. The number of fused-ring (bicyclic) bond motifs is 6. The first-order chi connectivity index (χ1) is 58.9. The van der Waals surface area contributed by atoms with Gasteiger partial charge in [0.25, 0.3) is 0 Å². The van der Waals surface area contributed by atoms with Crippen LogP contribution in [0.5, 0.6) is 0 Å². The number of nitrogens with zero attached hydrogens (tertiary/aromatic N) is 17.